The summed E-state index contributed by atoms with van der Waals surface area (Å²) in [6, 6.07) is 7.49. The number of nitrogens with one attached hydrogen (secondary N) is 1. The minimum absolute atomic E-state index is 0.198. The number of carbonyl (C=O) groups is 1. The minimum atomic E-state index is -0.198. The van der Waals surface area contributed by atoms with E-state index < -0.39 is 0 Å². The monoisotopic (exact) mass is 430 g/mol. The number of benzene rings is 1. The van der Waals surface area contributed by atoms with Crippen LogP contribution >= 0.6 is 23.1 Å². The number of rotatable bonds is 6. The number of thioether (sulfide) groups is 1. The van der Waals surface area contributed by atoms with Gasteiger partial charge in [-0.05, 0) is 30.0 Å². The number of thiazole rings is 1. The maximum absolute atomic E-state index is 12.7. The number of hydrogen-bond acceptors (Lipinski definition) is 8. The highest BCUT2D eigenvalue weighted by Crippen LogP contribution is 2.39. The quantitative estimate of drug-likeness (QED) is 0.594. The van der Waals surface area contributed by atoms with Gasteiger partial charge in [-0.3, -0.25) is 10.1 Å². The van der Waals surface area contributed by atoms with Crippen molar-refractivity contribution in [2.24, 2.45) is 0 Å². The molecule has 9 heteroatoms. The number of methoxy groups -OCH3 is 1. The molecular weight excluding hydrogens is 408 g/mol. The first-order valence-corrected chi connectivity index (χ1v) is 11.2. The van der Waals surface area contributed by atoms with Crippen LogP contribution in [0.4, 0.5) is 10.8 Å². The molecule has 152 valence electrons. The van der Waals surface area contributed by atoms with Crippen LogP contribution in [0, 0.1) is 0 Å². The summed E-state index contributed by atoms with van der Waals surface area (Å²) >= 11 is 3.06. The van der Waals surface area contributed by atoms with Crippen molar-refractivity contribution in [1.82, 2.24) is 9.97 Å². The highest BCUT2D eigenvalue weighted by Gasteiger charge is 2.20. The van der Waals surface area contributed by atoms with E-state index in [0.717, 1.165) is 39.8 Å². The van der Waals surface area contributed by atoms with Crippen molar-refractivity contribution >= 4 is 50.0 Å². The Hall–Kier alpha value is -2.36. The normalized spacial score (nSPS) is 14.2. The molecule has 29 heavy (non-hydrogen) atoms. The molecule has 4 rings (SSSR count). The van der Waals surface area contributed by atoms with E-state index in [1.54, 1.807) is 37.2 Å². The van der Waals surface area contributed by atoms with Crippen LogP contribution in [0.5, 0.6) is 5.75 Å². The van der Waals surface area contributed by atoms with Gasteiger partial charge in [-0.2, -0.15) is 0 Å². The minimum Gasteiger partial charge on any atom is -0.494 e. The summed E-state index contributed by atoms with van der Waals surface area (Å²) in [6.45, 7) is 5.12. The number of amides is 1. The number of anilines is 2. The van der Waals surface area contributed by atoms with Crippen molar-refractivity contribution in [1.29, 1.82) is 0 Å². The van der Waals surface area contributed by atoms with Gasteiger partial charge in [0.25, 0.3) is 5.91 Å². The van der Waals surface area contributed by atoms with Gasteiger partial charge in [0.1, 0.15) is 11.3 Å². The van der Waals surface area contributed by atoms with Gasteiger partial charge in [0.05, 0.1) is 35.7 Å². The Morgan fingerprint density at radius 2 is 2.17 bits per heavy atom. The second-order valence-electron chi connectivity index (χ2n) is 6.35. The molecule has 1 aliphatic heterocycles. The highest BCUT2D eigenvalue weighted by molar-refractivity contribution is 7.99. The average Bonchev–Trinajstić information content (AvgIpc) is 3.17. The van der Waals surface area contributed by atoms with E-state index >= 15 is 0 Å². The molecule has 3 aromatic rings. The largest absolute Gasteiger partial charge is 0.494 e. The smallest absolute Gasteiger partial charge is 0.257 e. The number of aromatic nitrogens is 2. The van der Waals surface area contributed by atoms with Crippen LogP contribution in [-0.4, -0.2) is 55.0 Å². The summed E-state index contributed by atoms with van der Waals surface area (Å²) in [5.41, 5.74) is 2.41. The maximum atomic E-state index is 12.7. The molecule has 1 aliphatic rings. The number of carbonyl (C=O) groups excluding carboxylic acids is 1. The summed E-state index contributed by atoms with van der Waals surface area (Å²) in [7, 11) is 1.63. The third-order valence-electron chi connectivity index (χ3n) is 4.57. The van der Waals surface area contributed by atoms with Crippen molar-refractivity contribution in [3.63, 3.8) is 0 Å². The van der Waals surface area contributed by atoms with Crippen molar-refractivity contribution in [2.45, 2.75) is 11.9 Å². The Balaban J connectivity index is 1.64. The van der Waals surface area contributed by atoms with Gasteiger partial charge in [-0.1, -0.05) is 18.3 Å². The summed E-state index contributed by atoms with van der Waals surface area (Å²) < 4.78 is 12.0. The average molecular weight is 431 g/mol. The number of fused-ring (bicyclic) bond motifs is 1. The Bertz CT molecular complexity index is 1020. The number of ether oxygens (including phenoxy) is 2. The number of pyridine rings is 1. The molecule has 2 aromatic heterocycles. The lowest BCUT2D eigenvalue weighted by Gasteiger charge is -2.29. The van der Waals surface area contributed by atoms with Crippen molar-refractivity contribution < 1.29 is 14.3 Å². The molecule has 0 radical (unpaired) electrons. The van der Waals surface area contributed by atoms with Gasteiger partial charge >= 0.3 is 0 Å². The zero-order valence-electron chi connectivity index (χ0n) is 16.3. The number of nitrogens with zero attached hydrogens (tertiary/aromatic N) is 3. The van der Waals surface area contributed by atoms with Crippen LogP contribution in [0.1, 0.15) is 17.3 Å². The van der Waals surface area contributed by atoms with Gasteiger partial charge < -0.3 is 14.4 Å². The molecular formula is C20H22N4O3S2. The number of morpholine rings is 1. The maximum Gasteiger partial charge on any atom is 0.257 e. The fourth-order valence-electron chi connectivity index (χ4n) is 3.19. The van der Waals surface area contributed by atoms with E-state index in [9.17, 15) is 4.79 Å². The predicted octanol–water partition coefficient (Wildman–Crippen LogP) is 3.90. The molecule has 1 aromatic carbocycles. The van der Waals surface area contributed by atoms with E-state index in [-0.39, 0.29) is 5.91 Å². The zero-order valence-corrected chi connectivity index (χ0v) is 17.9. The Morgan fingerprint density at radius 1 is 1.34 bits per heavy atom. The van der Waals surface area contributed by atoms with Crippen LogP contribution in [0.15, 0.2) is 35.5 Å². The van der Waals surface area contributed by atoms with Crippen molar-refractivity contribution in [3.05, 3.63) is 36.0 Å². The van der Waals surface area contributed by atoms with E-state index in [1.807, 2.05) is 12.1 Å². The molecule has 0 saturated carbocycles. The van der Waals surface area contributed by atoms with Crippen LogP contribution in [0.25, 0.3) is 10.2 Å². The summed E-state index contributed by atoms with van der Waals surface area (Å²) in [6.07, 6.45) is 1.66. The van der Waals surface area contributed by atoms with E-state index in [2.05, 4.69) is 27.1 Å². The Morgan fingerprint density at radius 3 is 2.93 bits per heavy atom. The lowest BCUT2D eigenvalue weighted by atomic mass is 10.2. The van der Waals surface area contributed by atoms with Crippen LogP contribution in [0.3, 0.4) is 0 Å². The molecule has 1 fully saturated rings. The number of hydrogen-bond donors (Lipinski definition) is 1. The standard InChI is InChI=1S/C20H22N4O3S2/c1-3-28-16-12-13(6-7-21-16)19(25)23-20-22-17-15(26-2)5-4-14(18(17)29-20)24-8-10-27-11-9-24/h4-7,12H,3,8-11H2,1-2H3,(H,22,23,25). The lowest BCUT2D eigenvalue weighted by Crippen LogP contribution is -2.36. The lowest BCUT2D eigenvalue weighted by molar-refractivity contribution is 0.102. The van der Waals surface area contributed by atoms with E-state index in [1.165, 1.54) is 11.3 Å². The molecule has 1 amide bonds. The fourth-order valence-corrected chi connectivity index (χ4v) is 4.85. The fraction of sp³-hybridized carbons (Fsp3) is 0.350. The molecule has 7 nitrogen and oxygen atoms in total. The van der Waals surface area contributed by atoms with Gasteiger partial charge in [0.15, 0.2) is 5.13 Å². The molecule has 1 saturated heterocycles. The van der Waals surface area contributed by atoms with Crippen LogP contribution in [0.2, 0.25) is 0 Å². The Labute approximate surface area is 177 Å². The molecule has 3 heterocycles. The van der Waals surface area contributed by atoms with Gasteiger partial charge in [0, 0.05) is 24.8 Å². The van der Waals surface area contributed by atoms with E-state index in [4.69, 9.17) is 9.47 Å². The summed E-state index contributed by atoms with van der Waals surface area (Å²) in [4.78, 5) is 24.0. The summed E-state index contributed by atoms with van der Waals surface area (Å²) in [5.74, 6) is 1.40. The van der Waals surface area contributed by atoms with Crippen LogP contribution in [-0.2, 0) is 4.74 Å². The van der Waals surface area contributed by atoms with Gasteiger partial charge in [-0.25, -0.2) is 9.97 Å². The van der Waals surface area contributed by atoms with Crippen LogP contribution < -0.4 is 15.0 Å². The molecule has 0 spiro atoms. The first-order chi connectivity index (χ1) is 14.2. The molecule has 0 atom stereocenters. The highest BCUT2D eigenvalue weighted by atomic mass is 32.2. The predicted molar refractivity (Wildman–Crippen MR) is 118 cm³/mol. The summed E-state index contributed by atoms with van der Waals surface area (Å²) in [5, 5.41) is 4.31. The third kappa shape index (κ3) is 4.31. The Kier molecular flexibility index (Phi) is 6.17. The first kappa shape index (κ1) is 19.9. The molecule has 0 unspecified atom stereocenters. The zero-order chi connectivity index (χ0) is 20.2. The second-order valence-corrected chi connectivity index (χ2v) is 8.64. The van der Waals surface area contributed by atoms with Gasteiger partial charge in [-0.15, -0.1) is 11.8 Å². The third-order valence-corrected chi connectivity index (χ3v) is 6.37. The first-order valence-electron chi connectivity index (χ1n) is 9.40. The second kappa shape index (κ2) is 8.98. The molecule has 0 aliphatic carbocycles. The molecule has 0 bridgehead atoms. The molecule has 1 N–H and O–H groups in total. The van der Waals surface area contributed by atoms with Gasteiger partial charge in [0.2, 0.25) is 0 Å². The van der Waals surface area contributed by atoms with E-state index in [0.29, 0.717) is 29.7 Å². The SMILES string of the molecule is CCSc1cc(C(=O)Nc2nc3c(OC)ccc(N4CCOCC4)c3s2)ccn1. The van der Waals surface area contributed by atoms with Crippen molar-refractivity contribution in [3.8, 4) is 5.75 Å². The van der Waals surface area contributed by atoms with Crippen molar-refractivity contribution in [2.75, 3.05) is 49.4 Å². The topological polar surface area (TPSA) is 76.6 Å².